The van der Waals surface area contributed by atoms with Crippen molar-refractivity contribution in [2.24, 2.45) is 0 Å². The first-order chi connectivity index (χ1) is 15.6. The van der Waals surface area contributed by atoms with E-state index in [1.54, 1.807) is 30.3 Å². The summed E-state index contributed by atoms with van der Waals surface area (Å²) in [7, 11) is 0. The van der Waals surface area contributed by atoms with E-state index in [1.807, 2.05) is 0 Å². The van der Waals surface area contributed by atoms with Gasteiger partial charge in [-0.05, 0) is 37.1 Å². The Balaban J connectivity index is 0.00000408. The Morgan fingerprint density at radius 2 is 1.62 bits per heavy atom. The van der Waals surface area contributed by atoms with Crippen molar-refractivity contribution in [2.75, 3.05) is 0 Å². The monoisotopic (exact) mass is 488 g/mol. The summed E-state index contributed by atoms with van der Waals surface area (Å²) in [5.41, 5.74) is 0.854. The summed E-state index contributed by atoms with van der Waals surface area (Å²) in [4.78, 5) is 14.4. The van der Waals surface area contributed by atoms with Crippen molar-refractivity contribution in [3.05, 3.63) is 66.2 Å². The predicted octanol–water partition coefficient (Wildman–Crippen LogP) is 0.0210. The number of carbonyl (C=O) groups excluding carboxylic acids is 1. The first-order valence-electron chi connectivity index (χ1n) is 10.1. The number of aliphatic carboxylic acids is 1. The minimum Gasteiger partial charge on any atom is -0.550 e. The molecule has 0 aliphatic heterocycles. The summed E-state index contributed by atoms with van der Waals surface area (Å²) in [6, 6.07) is 13.1. The predicted molar refractivity (Wildman–Crippen MR) is 109 cm³/mol. The summed E-state index contributed by atoms with van der Waals surface area (Å²) < 4.78 is 56.1. The van der Waals surface area contributed by atoms with E-state index in [0.29, 0.717) is 11.1 Å². The van der Waals surface area contributed by atoms with Gasteiger partial charge in [-0.15, -0.1) is 0 Å². The molecule has 2 aromatic carbocycles. The second-order valence-corrected chi connectivity index (χ2v) is 7.56. The smallest absolute Gasteiger partial charge is 0.550 e. The van der Waals surface area contributed by atoms with Crippen LogP contribution in [0.25, 0.3) is 22.5 Å². The number of aromatic nitrogens is 2. The number of imidazole rings is 1. The number of hydrogen-bond acceptors (Lipinski definition) is 5. The molecule has 2 atom stereocenters. The van der Waals surface area contributed by atoms with Crippen LogP contribution < -0.4 is 34.7 Å². The molecule has 0 saturated heterocycles. The number of hydrogen-bond donors (Lipinski definition) is 2. The van der Waals surface area contributed by atoms with E-state index >= 15 is 0 Å². The van der Waals surface area contributed by atoms with Gasteiger partial charge in [-0.1, -0.05) is 30.3 Å². The van der Waals surface area contributed by atoms with Gasteiger partial charge in [0.2, 0.25) is 5.82 Å². The Morgan fingerprint density at radius 3 is 2.18 bits per heavy atom. The number of nitrogens with zero attached hydrogens (tertiary/aromatic N) is 2. The maximum atomic E-state index is 13.9. The Hall–Kier alpha value is -2.24. The Kier molecular flexibility index (Phi) is 9.84. The molecular weight excluding hydrogens is 467 g/mol. The van der Waals surface area contributed by atoms with E-state index in [4.69, 9.17) is 0 Å². The van der Waals surface area contributed by atoms with Crippen LogP contribution in [-0.4, -0.2) is 37.9 Å². The number of halogens is 4. The summed E-state index contributed by atoms with van der Waals surface area (Å²) >= 11 is 0. The molecule has 3 aromatic rings. The van der Waals surface area contributed by atoms with Crippen LogP contribution in [0.4, 0.5) is 17.6 Å². The molecule has 0 radical (unpaired) electrons. The first kappa shape index (κ1) is 28.0. The number of benzene rings is 2. The van der Waals surface area contributed by atoms with Crippen molar-refractivity contribution in [1.82, 2.24) is 9.55 Å². The van der Waals surface area contributed by atoms with Gasteiger partial charge < -0.3 is 24.7 Å². The maximum Gasteiger partial charge on any atom is 1.00 e. The fraction of sp³-hybridized carbons (Fsp3) is 0.304. The maximum absolute atomic E-state index is 13.9. The average Bonchev–Trinajstić information content (AvgIpc) is 3.13. The minimum atomic E-state index is -4.82. The van der Waals surface area contributed by atoms with Crippen molar-refractivity contribution in [3.8, 4) is 22.5 Å². The number of alkyl halides is 3. The average molecular weight is 488 g/mol. The molecule has 11 heteroatoms. The fourth-order valence-electron chi connectivity index (χ4n) is 3.57. The molecule has 0 aliphatic carbocycles. The van der Waals surface area contributed by atoms with Crippen LogP contribution in [0.1, 0.15) is 25.1 Å². The van der Waals surface area contributed by atoms with Gasteiger partial charge in [-0.3, -0.25) is 0 Å². The summed E-state index contributed by atoms with van der Waals surface area (Å²) in [6.45, 7) is -0.333. The summed E-state index contributed by atoms with van der Waals surface area (Å²) in [6.07, 6.45) is -8.75. The number of carboxylic acid groups (broad SMARTS) is 1. The largest absolute Gasteiger partial charge is 1.00 e. The quantitative estimate of drug-likeness (QED) is 0.327. The van der Waals surface area contributed by atoms with Crippen LogP contribution in [0.3, 0.4) is 0 Å². The molecule has 3 rings (SSSR count). The third-order valence-corrected chi connectivity index (χ3v) is 5.02. The molecule has 0 spiro atoms. The van der Waals surface area contributed by atoms with Crippen molar-refractivity contribution in [1.29, 1.82) is 0 Å². The van der Waals surface area contributed by atoms with Gasteiger partial charge in [0.05, 0.1) is 23.6 Å². The van der Waals surface area contributed by atoms with Crippen molar-refractivity contribution >= 4 is 5.97 Å². The van der Waals surface area contributed by atoms with Crippen LogP contribution in [0.5, 0.6) is 0 Å². The second kappa shape index (κ2) is 11.9. The zero-order valence-corrected chi connectivity index (χ0v) is 20.3. The molecule has 1 heterocycles. The second-order valence-electron chi connectivity index (χ2n) is 7.56. The van der Waals surface area contributed by atoms with E-state index in [1.165, 1.54) is 12.1 Å². The van der Waals surface area contributed by atoms with Gasteiger partial charge in [0.15, 0.2) is 0 Å². The van der Waals surface area contributed by atoms with Crippen molar-refractivity contribution < 1.29 is 67.2 Å². The first-order valence-corrected chi connectivity index (χ1v) is 10.1. The Bertz CT molecular complexity index is 1090. The number of rotatable bonds is 9. The molecule has 176 valence electrons. The van der Waals surface area contributed by atoms with Crippen molar-refractivity contribution in [2.45, 2.75) is 44.2 Å². The number of carboxylic acids is 1. The fourth-order valence-corrected chi connectivity index (χ4v) is 3.57. The molecule has 0 aliphatic rings. The van der Waals surface area contributed by atoms with Gasteiger partial charge in [0.1, 0.15) is 5.82 Å². The Labute approximate surface area is 215 Å². The molecule has 0 fully saturated rings. The third-order valence-electron chi connectivity index (χ3n) is 5.02. The van der Waals surface area contributed by atoms with Gasteiger partial charge in [-0.2, -0.15) is 13.2 Å². The van der Waals surface area contributed by atoms with Gasteiger partial charge in [-0.25, -0.2) is 9.37 Å². The van der Waals surface area contributed by atoms with Gasteiger partial charge in [0, 0.05) is 30.1 Å². The van der Waals surface area contributed by atoms with Gasteiger partial charge >= 0.3 is 35.7 Å². The topological polar surface area (TPSA) is 98.4 Å². The van der Waals surface area contributed by atoms with E-state index in [0.717, 1.165) is 16.7 Å². The number of aliphatic hydroxyl groups excluding tert-OH is 2. The minimum absolute atomic E-state index is 0. The molecule has 0 bridgehead atoms. The summed E-state index contributed by atoms with van der Waals surface area (Å²) in [5, 5.41) is 30.4. The zero-order valence-electron chi connectivity index (χ0n) is 18.3. The van der Waals surface area contributed by atoms with E-state index in [9.17, 15) is 37.7 Å². The van der Waals surface area contributed by atoms with Crippen LogP contribution in [0.15, 0.2) is 54.6 Å². The van der Waals surface area contributed by atoms with E-state index in [2.05, 4.69) is 4.98 Å². The van der Waals surface area contributed by atoms with E-state index < -0.39 is 42.4 Å². The van der Waals surface area contributed by atoms with Crippen LogP contribution in [0.2, 0.25) is 0 Å². The molecule has 0 amide bonds. The molecule has 1 aromatic heterocycles. The van der Waals surface area contributed by atoms with Crippen LogP contribution >= 0.6 is 0 Å². The molecule has 2 N–H and O–H groups in total. The van der Waals surface area contributed by atoms with E-state index in [-0.39, 0.29) is 60.3 Å². The normalized spacial score (nSPS) is 13.2. The van der Waals surface area contributed by atoms with Gasteiger partial charge in [0.25, 0.3) is 0 Å². The zero-order chi connectivity index (χ0) is 24.2. The summed E-state index contributed by atoms with van der Waals surface area (Å²) in [5.74, 6) is -3.25. The number of carbonyl (C=O) groups is 1. The molecule has 34 heavy (non-hydrogen) atoms. The SMILES string of the molecule is O=C([O-])C[C@H](O)C[C@H](O)CCn1c(C(F)(F)F)nc(-c2ccccc2)c1-c1ccc(F)cc1.[Na+]. The number of aliphatic hydroxyl groups is 2. The standard InChI is InChI=1S/C23H22F4N2O4.Na/c24-16-8-6-15(7-9-16)21-20(14-4-2-1-3-5-14)28-22(23(25,26)27)29(21)11-10-17(30)12-18(31)13-19(32)33;/h1-9,17-18,30-31H,10-13H2,(H,32,33);/q;+1/p-1/t17-,18-;/m1./s1. The molecule has 6 nitrogen and oxygen atoms in total. The van der Waals surface area contributed by atoms with Crippen LogP contribution in [-0.2, 0) is 17.5 Å². The molecule has 0 saturated carbocycles. The van der Waals surface area contributed by atoms with Crippen molar-refractivity contribution in [3.63, 3.8) is 0 Å². The molecule has 0 unspecified atom stereocenters. The Morgan fingerprint density at radius 1 is 1.00 bits per heavy atom. The molecular formula is C23H21F4N2NaO4. The van der Waals surface area contributed by atoms with Crippen LogP contribution in [0, 0.1) is 5.82 Å². The third kappa shape index (κ3) is 7.13.